The van der Waals surface area contributed by atoms with Crippen molar-refractivity contribution >= 4 is 41.7 Å². The molecule has 5 nitrogen and oxygen atoms in total. The van der Waals surface area contributed by atoms with Crippen molar-refractivity contribution < 1.29 is 0 Å². The molecule has 7 heteroatoms. The second-order valence-corrected chi connectivity index (χ2v) is 8.00. The van der Waals surface area contributed by atoms with Gasteiger partial charge >= 0.3 is 0 Å². The van der Waals surface area contributed by atoms with Crippen LogP contribution in [-0.4, -0.2) is 97.1 Å². The summed E-state index contributed by atoms with van der Waals surface area (Å²) in [6.07, 6.45) is 1.25. The smallest absolute Gasteiger partial charge is 0.193 e. The molecule has 2 unspecified atom stereocenters. The SMILES string of the molecule is CCC1CN(C(=NC)NCC(C)N2CCN(CC)CC2)CCS1.I. The Balaban J connectivity index is 0.00000288. The van der Waals surface area contributed by atoms with Gasteiger partial charge in [0.25, 0.3) is 0 Å². The molecule has 0 aromatic heterocycles. The lowest BCUT2D eigenvalue weighted by Crippen LogP contribution is -2.54. The quantitative estimate of drug-likeness (QED) is 0.379. The zero-order chi connectivity index (χ0) is 16.7. The van der Waals surface area contributed by atoms with Crippen LogP contribution in [0.5, 0.6) is 0 Å². The van der Waals surface area contributed by atoms with Crippen molar-refractivity contribution in [2.75, 3.05) is 65.2 Å². The molecule has 0 aromatic carbocycles. The Labute approximate surface area is 170 Å². The summed E-state index contributed by atoms with van der Waals surface area (Å²) >= 11 is 2.11. The monoisotopic (exact) mass is 469 g/mol. The lowest BCUT2D eigenvalue weighted by Gasteiger charge is -2.39. The van der Waals surface area contributed by atoms with Crippen LogP contribution in [0.1, 0.15) is 27.2 Å². The van der Waals surface area contributed by atoms with Crippen molar-refractivity contribution in [2.24, 2.45) is 4.99 Å². The summed E-state index contributed by atoms with van der Waals surface area (Å²) in [7, 11) is 1.91. The first kappa shape index (κ1) is 22.3. The van der Waals surface area contributed by atoms with Crippen molar-refractivity contribution in [3.63, 3.8) is 0 Å². The van der Waals surface area contributed by atoms with Crippen molar-refractivity contribution in [3.05, 3.63) is 0 Å². The van der Waals surface area contributed by atoms with Crippen molar-refractivity contribution in [1.82, 2.24) is 20.0 Å². The first-order valence-corrected chi connectivity index (χ1v) is 10.3. The van der Waals surface area contributed by atoms with Gasteiger partial charge in [-0.3, -0.25) is 9.89 Å². The maximum atomic E-state index is 4.52. The summed E-state index contributed by atoms with van der Waals surface area (Å²) in [5.74, 6) is 2.30. The van der Waals surface area contributed by atoms with E-state index in [1.807, 2.05) is 7.05 Å². The van der Waals surface area contributed by atoms with Crippen molar-refractivity contribution in [3.8, 4) is 0 Å². The summed E-state index contributed by atoms with van der Waals surface area (Å²) in [5, 5.41) is 4.37. The van der Waals surface area contributed by atoms with Gasteiger partial charge in [0.05, 0.1) is 0 Å². The van der Waals surface area contributed by atoms with Crippen LogP contribution in [0, 0.1) is 0 Å². The summed E-state index contributed by atoms with van der Waals surface area (Å²) < 4.78 is 0. The minimum atomic E-state index is 0. The third-order valence-corrected chi connectivity index (χ3v) is 6.51. The molecule has 2 saturated heterocycles. The van der Waals surface area contributed by atoms with Gasteiger partial charge in [0.2, 0.25) is 0 Å². The topological polar surface area (TPSA) is 34.1 Å². The third-order valence-electron chi connectivity index (χ3n) is 5.14. The molecule has 2 heterocycles. The Morgan fingerprint density at radius 2 is 1.92 bits per heavy atom. The first-order chi connectivity index (χ1) is 11.2. The standard InChI is InChI=1S/C17H35N5S.HI/c1-5-16-14-22(11-12-23-16)17(18-4)19-13-15(3)21-9-7-20(6-2)8-10-21;/h15-16H,5-14H2,1-4H3,(H,18,19);1H. The van der Waals surface area contributed by atoms with Crippen LogP contribution in [0.4, 0.5) is 0 Å². The van der Waals surface area contributed by atoms with E-state index >= 15 is 0 Å². The zero-order valence-electron chi connectivity index (χ0n) is 15.8. The lowest BCUT2D eigenvalue weighted by molar-refractivity contribution is 0.107. The fourth-order valence-corrected chi connectivity index (χ4v) is 4.56. The van der Waals surface area contributed by atoms with Gasteiger partial charge < -0.3 is 15.1 Å². The third kappa shape index (κ3) is 6.53. The van der Waals surface area contributed by atoms with Gasteiger partial charge in [0.15, 0.2) is 5.96 Å². The Hall–Kier alpha value is 0.270. The van der Waals surface area contributed by atoms with Crippen LogP contribution in [0.25, 0.3) is 0 Å². The molecule has 2 fully saturated rings. The van der Waals surface area contributed by atoms with Crippen LogP contribution >= 0.6 is 35.7 Å². The molecule has 142 valence electrons. The summed E-state index contributed by atoms with van der Waals surface area (Å²) in [6, 6.07) is 0.562. The number of hydrogen-bond donors (Lipinski definition) is 1. The highest BCUT2D eigenvalue weighted by Crippen LogP contribution is 2.21. The summed E-state index contributed by atoms with van der Waals surface area (Å²) in [5.41, 5.74) is 0. The predicted octanol–water partition coefficient (Wildman–Crippen LogP) is 2.03. The molecule has 2 aliphatic heterocycles. The largest absolute Gasteiger partial charge is 0.355 e. The number of guanidine groups is 1. The Bertz CT molecular complexity index is 374. The summed E-state index contributed by atoms with van der Waals surface area (Å²) in [4.78, 5) is 12.1. The fourth-order valence-electron chi connectivity index (χ4n) is 3.38. The molecule has 0 spiro atoms. The molecule has 2 aliphatic rings. The number of likely N-dealkylation sites (N-methyl/N-ethyl adjacent to an activating group) is 1. The minimum absolute atomic E-state index is 0. The van der Waals surface area contributed by atoms with E-state index in [2.05, 4.69) is 57.5 Å². The van der Waals surface area contributed by atoms with E-state index < -0.39 is 0 Å². The van der Waals surface area contributed by atoms with E-state index in [4.69, 9.17) is 0 Å². The van der Waals surface area contributed by atoms with E-state index in [0.29, 0.717) is 6.04 Å². The number of piperazine rings is 1. The second kappa shape index (κ2) is 11.8. The molecule has 2 rings (SSSR count). The Kier molecular flexibility index (Phi) is 11.0. The van der Waals surface area contributed by atoms with E-state index in [-0.39, 0.29) is 24.0 Å². The number of nitrogens with zero attached hydrogens (tertiary/aromatic N) is 4. The van der Waals surface area contributed by atoms with Gasteiger partial charge in [-0.25, -0.2) is 0 Å². The average molecular weight is 469 g/mol. The molecule has 1 N–H and O–H groups in total. The highest BCUT2D eigenvalue weighted by atomic mass is 127. The van der Waals surface area contributed by atoms with Crippen molar-refractivity contribution in [2.45, 2.75) is 38.5 Å². The number of rotatable bonds is 5. The molecule has 0 bridgehead atoms. The van der Waals surface area contributed by atoms with Gasteiger partial charge in [-0.15, -0.1) is 24.0 Å². The molecular weight excluding hydrogens is 433 g/mol. The van der Waals surface area contributed by atoms with E-state index in [1.54, 1.807) is 0 Å². The van der Waals surface area contributed by atoms with Crippen LogP contribution < -0.4 is 5.32 Å². The lowest BCUT2D eigenvalue weighted by atomic mass is 10.2. The molecular formula is C17H36IN5S. The summed E-state index contributed by atoms with van der Waals surface area (Å²) in [6.45, 7) is 16.1. The van der Waals surface area contributed by atoms with Gasteiger partial charge in [-0.2, -0.15) is 11.8 Å². The molecule has 0 aromatic rings. The maximum absolute atomic E-state index is 4.52. The van der Waals surface area contributed by atoms with Gasteiger partial charge in [-0.05, 0) is 19.9 Å². The highest BCUT2D eigenvalue weighted by Gasteiger charge is 2.23. The fraction of sp³-hybridized carbons (Fsp3) is 0.941. The average Bonchev–Trinajstić information content (AvgIpc) is 2.62. The maximum Gasteiger partial charge on any atom is 0.193 e. The normalized spacial score (nSPS) is 25.2. The predicted molar refractivity (Wildman–Crippen MR) is 118 cm³/mol. The number of hydrogen-bond acceptors (Lipinski definition) is 4. The van der Waals surface area contributed by atoms with E-state index in [9.17, 15) is 0 Å². The number of halogens is 1. The van der Waals surface area contributed by atoms with Crippen LogP contribution in [0.3, 0.4) is 0 Å². The Morgan fingerprint density at radius 1 is 1.21 bits per heavy atom. The molecule has 0 saturated carbocycles. The second-order valence-electron chi connectivity index (χ2n) is 6.59. The molecule has 24 heavy (non-hydrogen) atoms. The van der Waals surface area contributed by atoms with Gasteiger partial charge in [-0.1, -0.05) is 13.8 Å². The van der Waals surface area contributed by atoms with Crippen molar-refractivity contribution in [1.29, 1.82) is 0 Å². The van der Waals surface area contributed by atoms with Gasteiger partial charge in [0.1, 0.15) is 0 Å². The molecule has 0 aliphatic carbocycles. The van der Waals surface area contributed by atoms with Gasteiger partial charge in [0, 0.05) is 69.9 Å². The zero-order valence-corrected chi connectivity index (χ0v) is 19.0. The number of aliphatic imine (C=N–C) groups is 1. The molecule has 2 atom stereocenters. The minimum Gasteiger partial charge on any atom is -0.355 e. The molecule has 0 amide bonds. The van der Waals surface area contributed by atoms with Crippen LogP contribution in [-0.2, 0) is 0 Å². The Morgan fingerprint density at radius 3 is 2.50 bits per heavy atom. The highest BCUT2D eigenvalue weighted by molar-refractivity contribution is 14.0. The number of nitrogens with one attached hydrogen (secondary N) is 1. The molecule has 0 radical (unpaired) electrons. The van der Waals surface area contributed by atoms with Crippen LogP contribution in [0.2, 0.25) is 0 Å². The van der Waals surface area contributed by atoms with Crippen LogP contribution in [0.15, 0.2) is 4.99 Å². The first-order valence-electron chi connectivity index (χ1n) is 9.21. The van der Waals surface area contributed by atoms with E-state index in [0.717, 1.165) is 30.8 Å². The number of thioether (sulfide) groups is 1. The van der Waals surface area contributed by atoms with E-state index in [1.165, 1.54) is 44.9 Å².